The third kappa shape index (κ3) is 9.44. The molecule has 0 fully saturated rings. The van der Waals surface area contributed by atoms with E-state index in [-0.39, 0.29) is 0 Å². The number of anilines is 1. The number of nitrogens with two attached hydrogens (primary N) is 1. The summed E-state index contributed by atoms with van der Waals surface area (Å²) in [6, 6.07) is 8.11. The maximum Gasteiger partial charge on any atom is 0.394 e. The van der Waals surface area contributed by atoms with Crippen LogP contribution in [0.1, 0.15) is 6.92 Å². The van der Waals surface area contributed by atoms with Gasteiger partial charge in [-0.05, 0) is 0 Å². The predicted molar refractivity (Wildman–Crippen MR) is 72.8 cm³/mol. The summed E-state index contributed by atoms with van der Waals surface area (Å²) in [5, 5.41) is 11.1. The first-order valence-corrected chi connectivity index (χ1v) is 10.2. The quantitative estimate of drug-likeness (QED) is 0.356. The second-order valence-electron chi connectivity index (χ2n) is 3.34. The molecule has 0 spiro atoms. The fourth-order valence-electron chi connectivity index (χ4n) is 1.28. The number of aliphatic hydroxyl groups excluding tert-OH is 1. The predicted octanol–water partition coefficient (Wildman–Crippen LogP) is 0.330. The number of nitrogen functional groups attached to an aromatic ring is 1. The molecule has 1 aromatic carbocycles. The molecule has 0 saturated heterocycles. The number of benzene rings is 1. The summed E-state index contributed by atoms with van der Waals surface area (Å²) < 4.78 is 33.0. The monoisotopic (exact) mass is 339 g/mol. The van der Waals surface area contributed by atoms with E-state index in [4.69, 9.17) is 28.4 Å². The Morgan fingerprint density at radius 2 is 1.67 bits per heavy atom. The Morgan fingerprint density at radius 1 is 1.22 bits per heavy atom. The standard InChI is InChI=1S/C10H16AsNO.H2O4S/c1-2-11(7-8-13)9-3-5-10(12)6-4-9;1-5(2,3)4/h3-6,13H,2,7-8,12H2,1H3;(H2,1,2,3,4). The van der Waals surface area contributed by atoms with E-state index in [0.717, 1.165) is 10.9 Å². The van der Waals surface area contributed by atoms with Crippen LogP contribution >= 0.6 is 0 Å². The molecule has 104 valence electrons. The molecule has 0 saturated carbocycles. The first-order chi connectivity index (χ1) is 8.27. The molecule has 1 aromatic rings. The van der Waals surface area contributed by atoms with Gasteiger partial charge in [-0.15, -0.1) is 0 Å². The van der Waals surface area contributed by atoms with Crippen LogP contribution in [0, 0.1) is 0 Å². The Labute approximate surface area is 112 Å². The average molecular weight is 339 g/mol. The van der Waals surface area contributed by atoms with Gasteiger partial charge in [-0.2, -0.15) is 8.42 Å². The van der Waals surface area contributed by atoms with Gasteiger partial charge in [0.2, 0.25) is 0 Å². The zero-order chi connectivity index (χ0) is 14.2. The van der Waals surface area contributed by atoms with Gasteiger partial charge in [0, 0.05) is 0 Å². The minimum absolute atomic E-state index is 0.318. The minimum atomic E-state index is -4.67. The van der Waals surface area contributed by atoms with Crippen LogP contribution in [-0.4, -0.2) is 43.9 Å². The third-order valence-electron chi connectivity index (χ3n) is 2.01. The Morgan fingerprint density at radius 3 is 2.00 bits per heavy atom. The number of hydrogen-bond donors (Lipinski definition) is 4. The number of rotatable bonds is 4. The average Bonchev–Trinajstić information content (AvgIpc) is 2.25. The van der Waals surface area contributed by atoms with Crippen molar-refractivity contribution in [1.29, 1.82) is 0 Å². The number of aliphatic hydroxyl groups is 1. The Balaban J connectivity index is 0.000000494. The van der Waals surface area contributed by atoms with E-state index in [1.54, 1.807) is 0 Å². The molecule has 8 heteroatoms. The van der Waals surface area contributed by atoms with Crippen molar-refractivity contribution in [3.05, 3.63) is 24.3 Å². The maximum atomic E-state index is 8.90. The summed E-state index contributed by atoms with van der Waals surface area (Å²) in [6.45, 7) is 2.52. The topological polar surface area (TPSA) is 121 Å². The SMILES string of the molecule is CC[As](CCO)c1ccc(N)cc1.O=S(=O)(O)O. The Kier molecular flexibility index (Phi) is 8.22. The molecule has 6 nitrogen and oxygen atoms in total. The van der Waals surface area contributed by atoms with Gasteiger partial charge in [0.05, 0.1) is 0 Å². The van der Waals surface area contributed by atoms with Crippen molar-refractivity contribution in [2.75, 3.05) is 12.3 Å². The van der Waals surface area contributed by atoms with Crippen LogP contribution in [-0.2, 0) is 10.4 Å². The maximum absolute atomic E-state index is 8.90. The summed E-state index contributed by atoms with van der Waals surface area (Å²) in [7, 11) is -4.67. The molecule has 0 aliphatic rings. The van der Waals surface area contributed by atoms with E-state index in [9.17, 15) is 0 Å². The summed E-state index contributed by atoms with van der Waals surface area (Å²) in [6.07, 6.45) is 0. The Bertz CT molecular complexity index is 426. The first-order valence-electron chi connectivity index (χ1n) is 5.19. The summed E-state index contributed by atoms with van der Waals surface area (Å²) in [4.78, 5) is 0. The van der Waals surface area contributed by atoms with Gasteiger partial charge in [-0.1, -0.05) is 0 Å². The van der Waals surface area contributed by atoms with Crippen LogP contribution in [0.2, 0.25) is 10.4 Å². The normalized spacial score (nSPS) is 12.4. The molecule has 1 unspecified atom stereocenters. The number of hydrogen-bond acceptors (Lipinski definition) is 4. The molecule has 0 bridgehead atoms. The van der Waals surface area contributed by atoms with Gasteiger partial charge in [0.15, 0.2) is 0 Å². The van der Waals surface area contributed by atoms with Crippen LogP contribution in [0.15, 0.2) is 24.3 Å². The molecule has 0 aromatic heterocycles. The molecule has 1 rings (SSSR count). The van der Waals surface area contributed by atoms with Crippen LogP contribution in [0.5, 0.6) is 0 Å². The van der Waals surface area contributed by atoms with Crippen molar-refractivity contribution in [3.8, 4) is 0 Å². The molecule has 0 radical (unpaired) electrons. The van der Waals surface area contributed by atoms with Crippen molar-refractivity contribution in [2.24, 2.45) is 0 Å². The van der Waals surface area contributed by atoms with Gasteiger partial charge in [0.25, 0.3) is 0 Å². The fraction of sp³-hybridized carbons (Fsp3) is 0.400. The van der Waals surface area contributed by atoms with Crippen molar-refractivity contribution < 1.29 is 22.6 Å². The van der Waals surface area contributed by atoms with E-state index in [1.165, 1.54) is 9.56 Å². The molecule has 18 heavy (non-hydrogen) atoms. The summed E-state index contributed by atoms with van der Waals surface area (Å²) in [5.41, 5.74) is 6.43. The van der Waals surface area contributed by atoms with Gasteiger partial charge < -0.3 is 0 Å². The molecular formula is C10H18AsNO5S. The van der Waals surface area contributed by atoms with E-state index in [1.807, 2.05) is 12.1 Å². The smallest absolute Gasteiger partial charge is 0.264 e. The van der Waals surface area contributed by atoms with Crippen molar-refractivity contribution in [1.82, 2.24) is 0 Å². The molecular weight excluding hydrogens is 321 g/mol. The van der Waals surface area contributed by atoms with Gasteiger partial charge in [0.1, 0.15) is 0 Å². The molecule has 0 aliphatic heterocycles. The van der Waals surface area contributed by atoms with Crippen molar-refractivity contribution in [3.63, 3.8) is 0 Å². The largest absolute Gasteiger partial charge is 0.394 e. The molecule has 0 aliphatic carbocycles. The second-order valence-corrected chi connectivity index (χ2v) is 9.85. The Hall–Kier alpha value is -0.592. The zero-order valence-corrected chi connectivity index (χ0v) is 12.7. The van der Waals surface area contributed by atoms with Gasteiger partial charge in [-0.25, -0.2) is 0 Å². The summed E-state index contributed by atoms with van der Waals surface area (Å²) in [5.74, 6) is 0. The van der Waals surface area contributed by atoms with E-state index in [0.29, 0.717) is 6.61 Å². The molecule has 0 heterocycles. The van der Waals surface area contributed by atoms with Crippen LogP contribution in [0.4, 0.5) is 5.69 Å². The molecule has 1 atom stereocenters. The van der Waals surface area contributed by atoms with E-state index >= 15 is 0 Å². The fourth-order valence-corrected chi connectivity index (χ4v) is 4.95. The minimum Gasteiger partial charge on any atom is -0.264 e. The second kappa shape index (κ2) is 8.50. The van der Waals surface area contributed by atoms with Crippen molar-refractivity contribution >= 4 is 35.1 Å². The van der Waals surface area contributed by atoms with E-state index in [2.05, 4.69) is 19.1 Å². The van der Waals surface area contributed by atoms with Crippen LogP contribution < -0.4 is 10.1 Å². The summed E-state index contributed by atoms with van der Waals surface area (Å²) >= 11 is -0.965. The van der Waals surface area contributed by atoms with Gasteiger partial charge in [-0.3, -0.25) is 9.11 Å². The van der Waals surface area contributed by atoms with Crippen LogP contribution in [0.3, 0.4) is 0 Å². The van der Waals surface area contributed by atoms with E-state index < -0.39 is 25.1 Å². The third-order valence-corrected chi connectivity index (χ3v) is 7.32. The van der Waals surface area contributed by atoms with Crippen molar-refractivity contribution in [2.45, 2.75) is 17.3 Å². The van der Waals surface area contributed by atoms with Gasteiger partial charge >= 0.3 is 94.1 Å². The molecule has 5 N–H and O–H groups in total. The first kappa shape index (κ1) is 17.4. The molecule has 0 amide bonds. The van der Waals surface area contributed by atoms with Crippen LogP contribution in [0.25, 0.3) is 0 Å². The zero-order valence-electron chi connectivity index (χ0n) is 10.0.